The Morgan fingerprint density at radius 2 is 1.81 bits per heavy atom. The van der Waals surface area contributed by atoms with Gasteiger partial charge >= 0.3 is 6.18 Å². The Labute approximate surface area is 122 Å². The van der Waals surface area contributed by atoms with Gasteiger partial charge in [-0.15, -0.1) is 11.8 Å². The van der Waals surface area contributed by atoms with Crippen LogP contribution in [0.1, 0.15) is 5.69 Å². The zero-order valence-electron chi connectivity index (χ0n) is 10.9. The summed E-state index contributed by atoms with van der Waals surface area (Å²) in [6.45, 7) is 0. The van der Waals surface area contributed by atoms with Crippen LogP contribution in [0.5, 0.6) is 0 Å². The van der Waals surface area contributed by atoms with Crippen molar-refractivity contribution in [2.24, 2.45) is 0 Å². The van der Waals surface area contributed by atoms with Crippen molar-refractivity contribution in [1.29, 1.82) is 0 Å². The van der Waals surface area contributed by atoms with Gasteiger partial charge in [0.25, 0.3) is 0 Å². The van der Waals surface area contributed by atoms with E-state index in [1.807, 2.05) is 18.4 Å². The van der Waals surface area contributed by atoms with Crippen molar-refractivity contribution in [3.63, 3.8) is 0 Å². The van der Waals surface area contributed by atoms with Crippen LogP contribution in [0.3, 0.4) is 0 Å². The molecule has 0 spiro atoms. The molecule has 0 aliphatic carbocycles. The van der Waals surface area contributed by atoms with Gasteiger partial charge < -0.3 is 0 Å². The molecule has 0 fully saturated rings. The van der Waals surface area contributed by atoms with Crippen molar-refractivity contribution in [3.05, 3.63) is 48.3 Å². The third-order valence-corrected chi connectivity index (χ3v) is 3.78. The monoisotopic (exact) mass is 309 g/mol. The highest BCUT2D eigenvalue weighted by Gasteiger charge is 2.35. The van der Waals surface area contributed by atoms with Crippen LogP contribution in [-0.2, 0) is 6.18 Å². The van der Waals surface area contributed by atoms with Crippen molar-refractivity contribution in [2.75, 3.05) is 6.26 Å². The fraction of sp³-hybridized carbons (Fsp3) is 0.143. The second-order valence-corrected chi connectivity index (χ2v) is 5.23. The standard InChI is InChI=1S/C14H10F3N3S/c1-21-10-4-2-9(3-5-10)11-8-12(14(15,16)17)20-13(19-11)6-7-18-20/h2-8H,1H3. The van der Waals surface area contributed by atoms with Gasteiger partial charge in [-0.05, 0) is 24.5 Å². The summed E-state index contributed by atoms with van der Waals surface area (Å²) in [7, 11) is 0. The first kappa shape index (κ1) is 13.9. The lowest BCUT2D eigenvalue weighted by molar-refractivity contribution is -0.142. The van der Waals surface area contributed by atoms with Crippen molar-refractivity contribution in [1.82, 2.24) is 14.6 Å². The SMILES string of the molecule is CSc1ccc(-c2cc(C(F)(F)F)n3nccc3n2)cc1. The van der Waals surface area contributed by atoms with Gasteiger partial charge in [0.2, 0.25) is 0 Å². The Kier molecular flexibility index (Phi) is 3.36. The molecule has 3 nitrogen and oxygen atoms in total. The van der Waals surface area contributed by atoms with Crippen molar-refractivity contribution < 1.29 is 13.2 Å². The van der Waals surface area contributed by atoms with Gasteiger partial charge in [0.15, 0.2) is 11.3 Å². The normalized spacial score (nSPS) is 12.0. The molecule has 1 aromatic carbocycles. The summed E-state index contributed by atoms with van der Waals surface area (Å²) in [6.07, 6.45) is -1.24. The molecule has 3 rings (SSSR count). The third kappa shape index (κ3) is 2.61. The fourth-order valence-corrected chi connectivity index (χ4v) is 2.43. The predicted molar refractivity (Wildman–Crippen MR) is 75.2 cm³/mol. The topological polar surface area (TPSA) is 30.2 Å². The van der Waals surface area contributed by atoms with Gasteiger partial charge in [0, 0.05) is 16.5 Å². The van der Waals surface area contributed by atoms with E-state index in [0.29, 0.717) is 5.56 Å². The Balaban J connectivity index is 2.18. The molecule has 0 saturated carbocycles. The van der Waals surface area contributed by atoms with Crippen LogP contribution in [0.15, 0.2) is 47.5 Å². The van der Waals surface area contributed by atoms with Crippen LogP contribution >= 0.6 is 11.8 Å². The Morgan fingerprint density at radius 1 is 1.10 bits per heavy atom. The van der Waals surface area contributed by atoms with E-state index < -0.39 is 11.9 Å². The van der Waals surface area contributed by atoms with E-state index in [0.717, 1.165) is 15.5 Å². The largest absolute Gasteiger partial charge is 0.433 e. The number of halogens is 3. The second kappa shape index (κ2) is 5.07. The van der Waals surface area contributed by atoms with Crippen LogP contribution in [0.4, 0.5) is 13.2 Å². The van der Waals surface area contributed by atoms with Crippen molar-refractivity contribution in [2.45, 2.75) is 11.1 Å². The first-order valence-corrected chi connectivity index (χ1v) is 7.28. The number of fused-ring (bicyclic) bond motifs is 1. The number of aromatic nitrogens is 3. The van der Waals surface area contributed by atoms with Crippen LogP contribution in [0.2, 0.25) is 0 Å². The van der Waals surface area contributed by atoms with Gasteiger partial charge in [-0.2, -0.15) is 18.3 Å². The zero-order valence-corrected chi connectivity index (χ0v) is 11.7. The molecule has 0 bridgehead atoms. The summed E-state index contributed by atoms with van der Waals surface area (Å²) in [5.74, 6) is 0. The van der Waals surface area contributed by atoms with Gasteiger partial charge in [-0.1, -0.05) is 12.1 Å². The van der Waals surface area contributed by atoms with Gasteiger partial charge in [-0.3, -0.25) is 0 Å². The smallest absolute Gasteiger partial charge is 0.229 e. The molecule has 108 valence electrons. The molecule has 7 heteroatoms. The number of rotatable bonds is 2. The molecule has 0 aliphatic heterocycles. The van der Waals surface area contributed by atoms with Crippen LogP contribution in [0.25, 0.3) is 16.9 Å². The average Bonchev–Trinajstić information content (AvgIpc) is 2.93. The van der Waals surface area contributed by atoms with Crippen LogP contribution in [0, 0.1) is 0 Å². The summed E-state index contributed by atoms with van der Waals surface area (Å²) in [5, 5.41) is 3.68. The maximum atomic E-state index is 13.1. The first-order chi connectivity index (χ1) is 9.99. The first-order valence-electron chi connectivity index (χ1n) is 6.05. The van der Waals surface area contributed by atoms with Gasteiger partial charge in [0.1, 0.15) is 0 Å². The highest BCUT2D eigenvalue weighted by atomic mass is 32.2. The predicted octanol–water partition coefficient (Wildman–Crippen LogP) is 4.14. The number of hydrogen-bond donors (Lipinski definition) is 0. The zero-order chi connectivity index (χ0) is 15.0. The summed E-state index contributed by atoms with van der Waals surface area (Å²) < 4.78 is 40.2. The lowest BCUT2D eigenvalue weighted by atomic mass is 10.1. The van der Waals surface area contributed by atoms with Crippen molar-refractivity contribution >= 4 is 17.4 Å². The third-order valence-electron chi connectivity index (χ3n) is 3.04. The highest BCUT2D eigenvalue weighted by molar-refractivity contribution is 7.98. The average molecular weight is 309 g/mol. The molecule has 2 heterocycles. The molecular weight excluding hydrogens is 299 g/mol. The number of nitrogens with zero attached hydrogens (tertiary/aromatic N) is 3. The quantitative estimate of drug-likeness (QED) is 0.667. The Bertz CT molecular complexity index is 778. The molecule has 0 aliphatic rings. The number of thioether (sulfide) groups is 1. The van der Waals surface area contributed by atoms with Gasteiger partial charge in [-0.25, -0.2) is 9.50 Å². The Morgan fingerprint density at radius 3 is 2.43 bits per heavy atom. The maximum Gasteiger partial charge on any atom is 0.433 e. The number of benzene rings is 1. The molecule has 0 N–H and O–H groups in total. The van der Waals surface area contributed by atoms with Crippen molar-refractivity contribution in [3.8, 4) is 11.3 Å². The molecular formula is C14H10F3N3S. The summed E-state index contributed by atoms with van der Waals surface area (Å²) in [6, 6.07) is 9.72. The summed E-state index contributed by atoms with van der Waals surface area (Å²) >= 11 is 1.57. The molecule has 0 radical (unpaired) electrons. The maximum absolute atomic E-state index is 13.1. The van der Waals surface area contributed by atoms with E-state index in [1.54, 1.807) is 23.9 Å². The minimum atomic E-state index is -4.48. The van der Waals surface area contributed by atoms with Gasteiger partial charge in [0.05, 0.1) is 11.9 Å². The summed E-state index contributed by atoms with van der Waals surface area (Å²) in [5.41, 5.74) is 0.264. The molecule has 0 unspecified atom stereocenters. The van der Waals surface area contributed by atoms with E-state index in [2.05, 4.69) is 10.1 Å². The summed E-state index contributed by atoms with van der Waals surface area (Å²) in [4.78, 5) is 5.27. The van der Waals surface area contributed by atoms with Crippen LogP contribution < -0.4 is 0 Å². The van der Waals surface area contributed by atoms with E-state index in [-0.39, 0.29) is 11.3 Å². The van der Waals surface area contributed by atoms with E-state index in [4.69, 9.17) is 0 Å². The molecule has 0 saturated heterocycles. The van der Waals surface area contributed by atoms with E-state index in [1.165, 1.54) is 12.3 Å². The molecule has 3 aromatic rings. The van der Waals surface area contributed by atoms with E-state index in [9.17, 15) is 13.2 Å². The molecule has 0 atom stereocenters. The van der Waals surface area contributed by atoms with Crippen LogP contribution in [-0.4, -0.2) is 20.9 Å². The lowest BCUT2D eigenvalue weighted by Gasteiger charge is -2.11. The van der Waals surface area contributed by atoms with E-state index >= 15 is 0 Å². The molecule has 2 aromatic heterocycles. The molecule has 21 heavy (non-hydrogen) atoms. The number of hydrogen-bond acceptors (Lipinski definition) is 3. The minimum absolute atomic E-state index is 0.175. The number of alkyl halides is 3. The highest BCUT2D eigenvalue weighted by Crippen LogP contribution is 2.32. The molecule has 0 amide bonds. The fourth-order valence-electron chi connectivity index (χ4n) is 2.02. The second-order valence-electron chi connectivity index (χ2n) is 4.35. The lowest BCUT2D eigenvalue weighted by Crippen LogP contribution is -2.13. The Hall–Kier alpha value is -2.02. The minimum Gasteiger partial charge on any atom is -0.229 e.